The van der Waals surface area contributed by atoms with E-state index < -0.39 is 0 Å². The quantitative estimate of drug-likeness (QED) is 0.446. The summed E-state index contributed by atoms with van der Waals surface area (Å²) in [6, 6.07) is 23.9. The highest BCUT2D eigenvalue weighted by Gasteiger charge is 2.41. The summed E-state index contributed by atoms with van der Waals surface area (Å²) in [5, 5.41) is 4.19. The van der Waals surface area contributed by atoms with Gasteiger partial charge in [0.05, 0.1) is 42.8 Å². The second-order valence-electron chi connectivity index (χ2n) is 7.55. The normalized spacial score (nSPS) is 17.9. The monoisotopic (exact) mass is 441 g/mol. The molecule has 0 radical (unpaired) electrons. The van der Waals surface area contributed by atoms with E-state index in [0.717, 1.165) is 28.5 Å². The lowest BCUT2D eigenvalue weighted by molar-refractivity contribution is 0.299. The SMILES string of the molecule is COc1ccccc1-n1cccc1[C@@H]1[C@H](c2ccccn2)NC(=S)N1Cc1ccccn1. The molecule has 1 N–H and O–H groups in total. The van der Waals surface area contributed by atoms with E-state index in [1.165, 1.54) is 0 Å². The molecule has 2 atom stereocenters. The lowest BCUT2D eigenvalue weighted by atomic mass is 10.0. The van der Waals surface area contributed by atoms with Crippen molar-refractivity contribution in [1.82, 2.24) is 24.8 Å². The van der Waals surface area contributed by atoms with Gasteiger partial charge in [-0.05, 0) is 60.7 Å². The second kappa shape index (κ2) is 8.80. The molecule has 0 spiro atoms. The van der Waals surface area contributed by atoms with Crippen LogP contribution < -0.4 is 10.1 Å². The number of nitrogens with one attached hydrogen (secondary N) is 1. The van der Waals surface area contributed by atoms with Crippen molar-refractivity contribution >= 4 is 17.3 Å². The summed E-state index contributed by atoms with van der Waals surface area (Å²) in [7, 11) is 1.69. The zero-order valence-corrected chi connectivity index (χ0v) is 18.4. The Morgan fingerprint density at radius 2 is 1.72 bits per heavy atom. The molecule has 5 rings (SSSR count). The summed E-state index contributed by atoms with van der Waals surface area (Å²) in [5.41, 5.74) is 3.97. The van der Waals surface area contributed by atoms with Crippen LogP contribution in [-0.2, 0) is 6.54 Å². The molecular weight excluding hydrogens is 418 g/mol. The van der Waals surface area contributed by atoms with Crippen molar-refractivity contribution in [3.05, 3.63) is 108 Å². The van der Waals surface area contributed by atoms with Gasteiger partial charge in [0.15, 0.2) is 5.11 Å². The Hall–Kier alpha value is -3.71. The second-order valence-corrected chi connectivity index (χ2v) is 7.94. The van der Waals surface area contributed by atoms with Gasteiger partial charge in [0.2, 0.25) is 0 Å². The van der Waals surface area contributed by atoms with Crippen molar-refractivity contribution in [3.8, 4) is 11.4 Å². The Labute approximate surface area is 192 Å². The number of ether oxygens (including phenoxy) is 1. The van der Waals surface area contributed by atoms with E-state index in [4.69, 9.17) is 17.0 Å². The van der Waals surface area contributed by atoms with E-state index >= 15 is 0 Å². The number of benzene rings is 1. The molecule has 6 nitrogen and oxygen atoms in total. The number of thiocarbonyl (C=S) groups is 1. The maximum Gasteiger partial charge on any atom is 0.170 e. The minimum atomic E-state index is -0.101. The zero-order chi connectivity index (χ0) is 21.9. The first-order chi connectivity index (χ1) is 15.8. The lowest BCUT2D eigenvalue weighted by Gasteiger charge is -2.29. The number of aromatic nitrogens is 3. The maximum atomic E-state index is 5.80. The van der Waals surface area contributed by atoms with E-state index in [0.29, 0.717) is 11.7 Å². The molecule has 0 unspecified atom stereocenters. The molecule has 1 saturated heterocycles. The van der Waals surface area contributed by atoms with Gasteiger partial charge in [0, 0.05) is 24.3 Å². The van der Waals surface area contributed by atoms with E-state index in [1.54, 1.807) is 7.11 Å². The standard InChI is InChI=1S/C25H23N5OS/c1-31-22-13-3-2-11-20(22)29-16-8-12-21(29)24-23(19-10-5-7-15-27-19)28-25(32)30(24)17-18-9-4-6-14-26-18/h2-16,23-24H,17H2,1H3,(H,28,32)/t23-,24+/m0/s1. The number of nitrogens with zero attached hydrogens (tertiary/aromatic N) is 4. The third-order valence-electron chi connectivity index (χ3n) is 5.68. The highest BCUT2D eigenvalue weighted by molar-refractivity contribution is 7.80. The largest absolute Gasteiger partial charge is 0.495 e. The number of rotatable bonds is 6. The van der Waals surface area contributed by atoms with Gasteiger partial charge >= 0.3 is 0 Å². The summed E-state index contributed by atoms with van der Waals surface area (Å²) in [6.07, 6.45) is 5.69. The highest BCUT2D eigenvalue weighted by atomic mass is 32.1. The Morgan fingerprint density at radius 1 is 0.938 bits per heavy atom. The molecule has 0 bridgehead atoms. The molecule has 1 fully saturated rings. The third kappa shape index (κ3) is 3.71. The molecule has 4 aromatic rings. The molecule has 3 aromatic heterocycles. The molecule has 0 amide bonds. The van der Waals surface area contributed by atoms with Crippen molar-refractivity contribution < 1.29 is 4.74 Å². The number of hydrogen-bond donors (Lipinski definition) is 1. The first-order valence-corrected chi connectivity index (χ1v) is 10.9. The number of methoxy groups -OCH3 is 1. The van der Waals surface area contributed by atoms with Crippen LogP contribution in [0.5, 0.6) is 5.75 Å². The predicted molar refractivity (Wildman–Crippen MR) is 128 cm³/mol. The van der Waals surface area contributed by atoms with Gasteiger partial charge in [0.1, 0.15) is 5.75 Å². The topological polar surface area (TPSA) is 55.2 Å². The average Bonchev–Trinajstić information content (AvgIpc) is 3.45. The molecule has 0 saturated carbocycles. The Kier molecular flexibility index (Phi) is 5.56. The van der Waals surface area contributed by atoms with Crippen molar-refractivity contribution in [1.29, 1.82) is 0 Å². The van der Waals surface area contributed by atoms with Crippen molar-refractivity contribution in [2.45, 2.75) is 18.6 Å². The van der Waals surface area contributed by atoms with Gasteiger partial charge in [-0.15, -0.1) is 0 Å². The first-order valence-electron chi connectivity index (χ1n) is 10.4. The number of para-hydroxylation sites is 2. The van der Waals surface area contributed by atoms with Crippen LogP contribution in [0.15, 0.2) is 91.4 Å². The van der Waals surface area contributed by atoms with E-state index in [9.17, 15) is 0 Å². The van der Waals surface area contributed by atoms with Gasteiger partial charge in [-0.25, -0.2) is 0 Å². The maximum absolute atomic E-state index is 5.80. The van der Waals surface area contributed by atoms with Crippen LogP contribution in [0.1, 0.15) is 29.2 Å². The molecule has 1 aromatic carbocycles. The van der Waals surface area contributed by atoms with Gasteiger partial charge in [-0.2, -0.15) is 0 Å². The van der Waals surface area contributed by atoms with Gasteiger partial charge < -0.3 is 19.5 Å². The fourth-order valence-electron chi connectivity index (χ4n) is 4.25. The molecule has 1 aliphatic rings. The Morgan fingerprint density at radius 3 is 2.47 bits per heavy atom. The zero-order valence-electron chi connectivity index (χ0n) is 17.6. The van der Waals surface area contributed by atoms with Gasteiger partial charge in [0.25, 0.3) is 0 Å². The minimum Gasteiger partial charge on any atom is -0.495 e. The lowest BCUT2D eigenvalue weighted by Crippen LogP contribution is -2.30. The van der Waals surface area contributed by atoms with Crippen LogP contribution in [0.3, 0.4) is 0 Å². The molecule has 0 aliphatic carbocycles. The smallest absolute Gasteiger partial charge is 0.170 e. The van der Waals surface area contributed by atoms with E-state index in [1.807, 2.05) is 67.0 Å². The average molecular weight is 442 g/mol. The molecule has 160 valence electrons. The highest BCUT2D eigenvalue weighted by Crippen LogP contribution is 2.41. The van der Waals surface area contributed by atoms with E-state index in [-0.39, 0.29) is 12.1 Å². The summed E-state index contributed by atoms with van der Waals surface area (Å²) in [5.74, 6) is 0.809. The molecule has 4 heterocycles. The molecule has 32 heavy (non-hydrogen) atoms. The number of pyridine rings is 2. The van der Waals surface area contributed by atoms with Crippen molar-refractivity contribution in [3.63, 3.8) is 0 Å². The van der Waals surface area contributed by atoms with Gasteiger partial charge in [-0.3, -0.25) is 9.97 Å². The number of hydrogen-bond acceptors (Lipinski definition) is 4. The van der Waals surface area contributed by atoms with Crippen LogP contribution in [0.2, 0.25) is 0 Å². The summed E-state index contributed by atoms with van der Waals surface area (Å²) >= 11 is 5.80. The summed E-state index contributed by atoms with van der Waals surface area (Å²) < 4.78 is 7.81. The Balaban J connectivity index is 1.62. The van der Waals surface area contributed by atoms with Crippen LogP contribution in [0, 0.1) is 0 Å². The fourth-order valence-corrected chi connectivity index (χ4v) is 4.55. The van der Waals surface area contributed by atoms with Crippen LogP contribution in [0.25, 0.3) is 5.69 Å². The van der Waals surface area contributed by atoms with Crippen molar-refractivity contribution in [2.24, 2.45) is 0 Å². The van der Waals surface area contributed by atoms with Crippen LogP contribution in [0.4, 0.5) is 0 Å². The van der Waals surface area contributed by atoms with Gasteiger partial charge in [-0.1, -0.05) is 24.3 Å². The minimum absolute atomic E-state index is 0.0840. The van der Waals surface area contributed by atoms with Crippen LogP contribution >= 0.6 is 12.2 Å². The molecular formula is C25H23N5OS. The predicted octanol–water partition coefficient (Wildman–Crippen LogP) is 4.45. The molecule has 1 aliphatic heterocycles. The first kappa shape index (κ1) is 20.2. The summed E-state index contributed by atoms with van der Waals surface area (Å²) in [4.78, 5) is 11.4. The third-order valence-corrected chi connectivity index (χ3v) is 6.04. The summed E-state index contributed by atoms with van der Waals surface area (Å²) in [6.45, 7) is 0.595. The fraction of sp³-hybridized carbons (Fsp3) is 0.160. The Bertz CT molecular complexity index is 1210. The van der Waals surface area contributed by atoms with Crippen molar-refractivity contribution in [2.75, 3.05) is 7.11 Å². The van der Waals surface area contributed by atoms with E-state index in [2.05, 4.69) is 49.1 Å². The molecule has 7 heteroatoms. The van der Waals surface area contributed by atoms with Crippen LogP contribution in [-0.4, -0.2) is 31.7 Å².